The maximum Gasteiger partial charge on any atom is 0.325 e. The molecule has 0 N–H and O–H groups in total. The summed E-state index contributed by atoms with van der Waals surface area (Å²) in [4.78, 5) is 13.4. The van der Waals surface area contributed by atoms with E-state index in [0.29, 0.717) is 13.0 Å². The fraction of sp³-hybridized carbons (Fsp3) is 0.600. The summed E-state index contributed by atoms with van der Waals surface area (Å²) >= 11 is 0. The molecule has 0 amide bonds. The summed E-state index contributed by atoms with van der Waals surface area (Å²) in [6.45, 7) is 0.593. The molecular formula is C5H6N4O. The molecule has 1 atom stereocenters. The van der Waals surface area contributed by atoms with E-state index in [1.807, 2.05) is 0 Å². The fourth-order valence-electron chi connectivity index (χ4n) is 0.736. The van der Waals surface area contributed by atoms with Gasteiger partial charge in [0.05, 0.1) is 6.54 Å². The average molecular weight is 138 g/mol. The Kier molecular flexibility index (Phi) is 2.02. The topological polar surface area (TPSA) is 78.2 Å². The van der Waals surface area contributed by atoms with Gasteiger partial charge in [-0.3, -0.25) is 4.79 Å². The highest BCUT2D eigenvalue weighted by Crippen LogP contribution is 2.06. The summed E-state index contributed by atoms with van der Waals surface area (Å²) in [5.41, 5.74) is 7.97. The molecule has 0 aliphatic carbocycles. The fourth-order valence-corrected chi connectivity index (χ4v) is 0.736. The first kappa shape index (κ1) is 6.77. The number of carbonyl (C=O) groups is 1. The van der Waals surface area contributed by atoms with Crippen molar-refractivity contribution in [1.29, 1.82) is 0 Å². The molecule has 1 heterocycles. The SMILES string of the molecule is [N-]=[N+]=CC(=O)C1CCN=N1. The van der Waals surface area contributed by atoms with E-state index in [9.17, 15) is 4.79 Å². The molecule has 0 saturated heterocycles. The minimum Gasteiger partial charge on any atom is -0.361 e. The standard InChI is InChI=1S/C5H6N4O/c6-7-3-5(10)4-1-2-8-9-4/h3-4H,1-2H2. The first-order valence-electron chi connectivity index (χ1n) is 2.92. The molecular weight excluding hydrogens is 132 g/mol. The van der Waals surface area contributed by atoms with E-state index in [4.69, 9.17) is 5.53 Å². The van der Waals surface area contributed by atoms with Crippen LogP contribution in [0, 0.1) is 0 Å². The molecule has 10 heavy (non-hydrogen) atoms. The molecule has 0 aromatic heterocycles. The van der Waals surface area contributed by atoms with Gasteiger partial charge in [0.1, 0.15) is 6.04 Å². The van der Waals surface area contributed by atoms with Gasteiger partial charge in [0, 0.05) is 6.42 Å². The highest BCUT2D eigenvalue weighted by atomic mass is 16.1. The molecule has 1 aliphatic heterocycles. The number of ketones is 1. The largest absolute Gasteiger partial charge is 0.361 e. The Morgan fingerprint density at radius 1 is 1.80 bits per heavy atom. The predicted octanol–water partition coefficient (Wildman–Crippen LogP) is 0.0806. The van der Waals surface area contributed by atoms with Crippen molar-refractivity contribution in [2.75, 3.05) is 6.54 Å². The zero-order valence-corrected chi connectivity index (χ0v) is 5.27. The van der Waals surface area contributed by atoms with Crippen LogP contribution in [0.15, 0.2) is 10.2 Å². The van der Waals surface area contributed by atoms with E-state index in [-0.39, 0.29) is 5.78 Å². The number of hydrogen-bond donors (Lipinski definition) is 0. The van der Waals surface area contributed by atoms with Crippen molar-refractivity contribution in [3.05, 3.63) is 5.53 Å². The Morgan fingerprint density at radius 2 is 2.60 bits per heavy atom. The Bertz CT molecular complexity index is 216. The smallest absolute Gasteiger partial charge is 0.325 e. The summed E-state index contributed by atoms with van der Waals surface area (Å²) in [7, 11) is 0. The van der Waals surface area contributed by atoms with E-state index in [1.54, 1.807) is 0 Å². The monoisotopic (exact) mass is 138 g/mol. The maximum absolute atomic E-state index is 10.8. The van der Waals surface area contributed by atoms with Gasteiger partial charge in [-0.15, -0.1) is 0 Å². The van der Waals surface area contributed by atoms with Crippen molar-refractivity contribution in [1.82, 2.24) is 0 Å². The van der Waals surface area contributed by atoms with Crippen LogP contribution in [0.4, 0.5) is 0 Å². The van der Waals surface area contributed by atoms with Crippen LogP contribution in [0.1, 0.15) is 6.42 Å². The molecule has 1 unspecified atom stereocenters. The number of hydrogen-bond acceptors (Lipinski definition) is 3. The van der Waals surface area contributed by atoms with E-state index < -0.39 is 6.04 Å². The van der Waals surface area contributed by atoms with Crippen molar-refractivity contribution in [3.8, 4) is 0 Å². The molecule has 0 saturated carbocycles. The summed E-state index contributed by atoms with van der Waals surface area (Å²) in [6.07, 6.45) is 1.49. The third kappa shape index (κ3) is 1.33. The highest BCUT2D eigenvalue weighted by Gasteiger charge is 2.21. The average Bonchev–Trinajstić information content (AvgIpc) is 2.38. The molecule has 5 heteroatoms. The van der Waals surface area contributed by atoms with Crippen molar-refractivity contribution >= 4 is 12.0 Å². The maximum atomic E-state index is 10.8. The van der Waals surface area contributed by atoms with Crippen LogP contribution in [0.5, 0.6) is 0 Å². The van der Waals surface area contributed by atoms with Crippen LogP contribution in [-0.4, -0.2) is 29.4 Å². The van der Waals surface area contributed by atoms with Gasteiger partial charge in [-0.05, 0) is 0 Å². The number of rotatable bonds is 2. The van der Waals surface area contributed by atoms with Gasteiger partial charge >= 0.3 is 6.21 Å². The second-order valence-corrected chi connectivity index (χ2v) is 1.93. The Labute approximate surface area is 57.4 Å². The lowest BCUT2D eigenvalue weighted by Crippen LogP contribution is -2.17. The summed E-state index contributed by atoms with van der Waals surface area (Å²) in [5.74, 6) is -0.288. The first-order chi connectivity index (χ1) is 4.84. The Morgan fingerprint density at radius 3 is 3.10 bits per heavy atom. The van der Waals surface area contributed by atoms with Gasteiger partial charge in [-0.2, -0.15) is 15.0 Å². The van der Waals surface area contributed by atoms with E-state index in [1.165, 1.54) is 0 Å². The number of carbonyl (C=O) groups excluding carboxylic acids is 1. The van der Waals surface area contributed by atoms with Crippen LogP contribution in [0.3, 0.4) is 0 Å². The molecule has 1 rings (SSSR count). The number of Topliss-reactive ketones (excluding diaryl/α,β-unsaturated/α-hetero) is 1. The molecule has 0 fully saturated rings. The van der Waals surface area contributed by atoms with E-state index in [0.717, 1.165) is 6.21 Å². The minimum absolute atomic E-state index is 0.288. The van der Waals surface area contributed by atoms with Crippen LogP contribution in [0.25, 0.3) is 5.53 Å². The van der Waals surface area contributed by atoms with Crippen LogP contribution < -0.4 is 0 Å². The summed E-state index contributed by atoms with van der Waals surface area (Å²) in [5, 5.41) is 7.26. The Balaban J connectivity index is 2.56. The van der Waals surface area contributed by atoms with Gasteiger partial charge in [0.15, 0.2) is 0 Å². The summed E-state index contributed by atoms with van der Waals surface area (Å²) < 4.78 is 0. The van der Waals surface area contributed by atoms with Gasteiger partial charge in [0.25, 0.3) is 5.78 Å². The lowest BCUT2D eigenvalue weighted by atomic mass is 10.1. The second-order valence-electron chi connectivity index (χ2n) is 1.93. The molecule has 5 nitrogen and oxygen atoms in total. The molecule has 0 spiro atoms. The molecule has 52 valence electrons. The lowest BCUT2D eigenvalue weighted by molar-refractivity contribution is -0.117. The predicted molar refractivity (Wildman–Crippen MR) is 32.8 cm³/mol. The second kappa shape index (κ2) is 2.98. The van der Waals surface area contributed by atoms with Crippen molar-refractivity contribution in [2.45, 2.75) is 12.5 Å². The molecule has 0 radical (unpaired) electrons. The van der Waals surface area contributed by atoms with Gasteiger partial charge in [-0.1, -0.05) is 0 Å². The normalized spacial score (nSPS) is 22.2. The molecule has 0 aromatic rings. The highest BCUT2D eigenvalue weighted by molar-refractivity contribution is 6.27. The molecule has 0 aromatic carbocycles. The lowest BCUT2D eigenvalue weighted by Gasteiger charge is -1.91. The van der Waals surface area contributed by atoms with Gasteiger partial charge < -0.3 is 5.53 Å². The quantitative estimate of drug-likeness (QED) is 0.302. The van der Waals surface area contributed by atoms with Crippen LogP contribution >= 0.6 is 0 Å². The van der Waals surface area contributed by atoms with Gasteiger partial charge in [-0.25, -0.2) is 0 Å². The number of nitrogens with zero attached hydrogens (tertiary/aromatic N) is 4. The third-order valence-electron chi connectivity index (χ3n) is 1.24. The third-order valence-corrected chi connectivity index (χ3v) is 1.24. The van der Waals surface area contributed by atoms with Crippen molar-refractivity contribution < 1.29 is 9.58 Å². The number of azo groups is 1. The zero-order valence-electron chi connectivity index (χ0n) is 5.27. The first-order valence-corrected chi connectivity index (χ1v) is 2.92. The van der Waals surface area contributed by atoms with E-state index >= 15 is 0 Å². The zero-order chi connectivity index (χ0) is 7.40. The minimum atomic E-state index is -0.407. The van der Waals surface area contributed by atoms with Crippen LogP contribution in [-0.2, 0) is 4.79 Å². The Hall–Kier alpha value is -1.35. The van der Waals surface area contributed by atoms with E-state index in [2.05, 4.69) is 15.0 Å². The molecule has 0 bridgehead atoms. The molecule has 1 aliphatic rings. The van der Waals surface area contributed by atoms with Crippen LogP contribution in [0.2, 0.25) is 0 Å². The van der Waals surface area contributed by atoms with Crippen molar-refractivity contribution in [3.63, 3.8) is 0 Å². The van der Waals surface area contributed by atoms with Crippen molar-refractivity contribution in [2.24, 2.45) is 10.2 Å². The summed E-state index contributed by atoms with van der Waals surface area (Å²) in [6, 6.07) is -0.407. The van der Waals surface area contributed by atoms with Gasteiger partial charge in [0.2, 0.25) is 0 Å².